The molecule has 0 bridgehead atoms. The highest BCUT2D eigenvalue weighted by Crippen LogP contribution is 2.40. The Labute approximate surface area is 215 Å². The third-order valence-electron chi connectivity index (χ3n) is 5.61. The molecule has 5 aromatic rings. The Kier molecular flexibility index (Phi) is 6.65. The summed E-state index contributed by atoms with van der Waals surface area (Å²) >= 11 is 1.46. The van der Waals surface area contributed by atoms with Crippen LogP contribution in [-0.4, -0.2) is 26.3 Å². The van der Waals surface area contributed by atoms with Crippen molar-refractivity contribution in [2.24, 2.45) is 5.73 Å². The summed E-state index contributed by atoms with van der Waals surface area (Å²) in [5.41, 5.74) is 7.50. The summed E-state index contributed by atoms with van der Waals surface area (Å²) in [6, 6.07) is 16.4. The number of carbonyl (C=O) groups excluding carboxylic acids is 2. The monoisotopic (exact) mass is 515 g/mol. The van der Waals surface area contributed by atoms with Crippen molar-refractivity contribution in [2.75, 3.05) is 4.90 Å². The number of pyridine rings is 1. The van der Waals surface area contributed by atoms with E-state index in [1.54, 1.807) is 55.0 Å². The molecule has 37 heavy (non-hydrogen) atoms. The van der Waals surface area contributed by atoms with Gasteiger partial charge in [-0.3, -0.25) is 19.5 Å². The number of nitrogens with zero attached hydrogens (tertiary/aromatic N) is 4. The van der Waals surface area contributed by atoms with Crippen molar-refractivity contribution in [2.45, 2.75) is 19.9 Å². The summed E-state index contributed by atoms with van der Waals surface area (Å²) < 4.78 is 24.0. The predicted molar refractivity (Wildman–Crippen MR) is 140 cm³/mol. The van der Waals surface area contributed by atoms with E-state index in [1.807, 2.05) is 23.8 Å². The lowest BCUT2D eigenvalue weighted by molar-refractivity contribution is -0.125. The van der Waals surface area contributed by atoms with E-state index < -0.39 is 24.1 Å². The molecule has 2 amide bonds. The van der Waals surface area contributed by atoms with Gasteiger partial charge in [0.05, 0.1) is 32.8 Å². The zero-order valence-corrected chi connectivity index (χ0v) is 20.6. The highest BCUT2D eigenvalue weighted by molar-refractivity contribution is 7.22. The summed E-state index contributed by atoms with van der Waals surface area (Å²) in [7, 11) is 0. The molecule has 0 atom stereocenters. The number of ether oxygens (including phenoxy) is 1. The quantitative estimate of drug-likeness (QED) is 0.269. The second-order valence-electron chi connectivity index (χ2n) is 8.15. The molecule has 3 heterocycles. The largest absolute Gasteiger partial charge is 0.453 e. The van der Waals surface area contributed by atoms with Crippen LogP contribution in [0.15, 0.2) is 79.4 Å². The van der Waals surface area contributed by atoms with Crippen LogP contribution >= 0.6 is 11.3 Å². The normalized spacial score (nSPS) is 11.0. The maximum Gasteiger partial charge on any atom is 0.240 e. The number of benzene rings is 2. The van der Waals surface area contributed by atoms with Crippen LogP contribution in [0.3, 0.4) is 0 Å². The number of rotatable bonds is 8. The predicted octanol–water partition coefficient (Wildman–Crippen LogP) is 5.65. The van der Waals surface area contributed by atoms with Gasteiger partial charge in [-0.15, -0.1) is 11.3 Å². The molecule has 0 radical (unpaired) electrons. The number of carbonyl (C=O) groups is 2. The van der Waals surface area contributed by atoms with E-state index >= 15 is 4.39 Å². The number of fused-ring (bicyclic) bond motifs is 1. The van der Waals surface area contributed by atoms with Crippen LogP contribution in [-0.2, 0) is 16.1 Å². The first-order chi connectivity index (χ1) is 17.9. The minimum Gasteiger partial charge on any atom is -0.453 e. The molecule has 0 aliphatic heterocycles. The molecule has 0 unspecified atom stereocenters. The zero-order chi connectivity index (χ0) is 25.9. The molecular weight excluding hydrogens is 493 g/mol. The minimum absolute atomic E-state index is 0.0168. The van der Waals surface area contributed by atoms with Gasteiger partial charge in [-0.25, -0.2) is 9.37 Å². The van der Waals surface area contributed by atoms with Gasteiger partial charge in [-0.1, -0.05) is 18.2 Å². The SMILES string of the molecule is CCn1cnc(-c2cc3nccc(Oc4ccc(N(C(=O)CC(N)=O)c5ccccc5)cc4F)c3s2)c1. The Hall–Kier alpha value is -4.57. The third-order valence-corrected chi connectivity index (χ3v) is 6.77. The van der Waals surface area contributed by atoms with Gasteiger partial charge in [0.1, 0.15) is 12.2 Å². The minimum atomic E-state index is -0.773. The number of para-hydroxylation sites is 1. The van der Waals surface area contributed by atoms with E-state index in [-0.39, 0.29) is 11.4 Å². The Morgan fingerprint density at radius 2 is 1.86 bits per heavy atom. The van der Waals surface area contributed by atoms with Crippen LogP contribution < -0.4 is 15.4 Å². The molecule has 5 rings (SSSR count). The molecule has 0 saturated heterocycles. The molecule has 2 aromatic carbocycles. The highest BCUT2D eigenvalue weighted by Gasteiger charge is 2.22. The number of aromatic nitrogens is 3. The van der Waals surface area contributed by atoms with E-state index in [9.17, 15) is 9.59 Å². The van der Waals surface area contributed by atoms with Gasteiger partial charge in [0.25, 0.3) is 0 Å². The Bertz CT molecular complexity index is 1600. The first-order valence-corrected chi connectivity index (χ1v) is 12.3. The summed E-state index contributed by atoms with van der Waals surface area (Å²) in [5, 5.41) is 0. The molecule has 10 heteroatoms. The van der Waals surface area contributed by atoms with E-state index in [2.05, 4.69) is 9.97 Å². The van der Waals surface area contributed by atoms with Crippen LogP contribution in [0.5, 0.6) is 11.5 Å². The maximum atomic E-state index is 15.3. The van der Waals surface area contributed by atoms with Gasteiger partial charge in [-0.2, -0.15) is 0 Å². The second kappa shape index (κ2) is 10.2. The Morgan fingerprint density at radius 1 is 1.05 bits per heavy atom. The van der Waals surface area contributed by atoms with Crippen LogP contribution in [0.2, 0.25) is 0 Å². The van der Waals surface area contributed by atoms with E-state index in [0.29, 0.717) is 17.0 Å². The summed E-state index contributed by atoms with van der Waals surface area (Å²) in [5.74, 6) is -1.58. The lowest BCUT2D eigenvalue weighted by Crippen LogP contribution is -2.30. The number of aryl methyl sites for hydroxylation is 1. The number of nitrogens with two attached hydrogens (primary N) is 1. The molecule has 3 aromatic heterocycles. The second-order valence-corrected chi connectivity index (χ2v) is 9.20. The number of primary amides is 1. The fraction of sp³-hybridized carbons (Fsp3) is 0.111. The summed E-state index contributed by atoms with van der Waals surface area (Å²) in [6.07, 6.45) is 4.82. The van der Waals surface area contributed by atoms with Gasteiger partial charge in [0.2, 0.25) is 11.8 Å². The first-order valence-electron chi connectivity index (χ1n) is 11.5. The molecule has 8 nitrogen and oxygen atoms in total. The molecule has 0 fully saturated rings. The highest BCUT2D eigenvalue weighted by atomic mass is 32.1. The van der Waals surface area contributed by atoms with Gasteiger partial charge in [0, 0.05) is 36.8 Å². The maximum absolute atomic E-state index is 15.3. The number of amides is 2. The number of hydrogen-bond donors (Lipinski definition) is 1. The van der Waals surface area contributed by atoms with Crippen LogP contribution in [0.4, 0.5) is 15.8 Å². The van der Waals surface area contributed by atoms with Crippen molar-refractivity contribution >= 4 is 44.7 Å². The van der Waals surface area contributed by atoms with Crippen molar-refractivity contribution in [1.29, 1.82) is 0 Å². The lowest BCUT2D eigenvalue weighted by Gasteiger charge is -2.23. The van der Waals surface area contributed by atoms with Crippen LogP contribution in [0.1, 0.15) is 13.3 Å². The van der Waals surface area contributed by atoms with Crippen LogP contribution in [0, 0.1) is 5.82 Å². The zero-order valence-electron chi connectivity index (χ0n) is 19.8. The number of hydrogen-bond acceptors (Lipinski definition) is 6. The third kappa shape index (κ3) is 5.05. The van der Waals surface area contributed by atoms with Gasteiger partial charge in [0.15, 0.2) is 11.6 Å². The van der Waals surface area contributed by atoms with E-state index in [0.717, 1.165) is 21.8 Å². The molecule has 0 aliphatic rings. The van der Waals surface area contributed by atoms with Crippen molar-refractivity contribution < 1.29 is 18.7 Å². The van der Waals surface area contributed by atoms with Crippen LogP contribution in [0.25, 0.3) is 20.8 Å². The van der Waals surface area contributed by atoms with Gasteiger partial charge in [-0.05, 0) is 37.3 Å². The number of imidazole rings is 1. The fourth-order valence-corrected chi connectivity index (χ4v) is 4.88. The number of anilines is 2. The van der Waals surface area contributed by atoms with Crippen molar-refractivity contribution in [3.05, 3.63) is 85.2 Å². The smallest absolute Gasteiger partial charge is 0.240 e. The Morgan fingerprint density at radius 3 is 2.57 bits per heavy atom. The summed E-state index contributed by atoms with van der Waals surface area (Å²) in [4.78, 5) is 35.2. The number of thiophene rings is 1. The molecule has 186 valence electrons. The standard InChI is InChI=1S/C27H22FN5O3S/c1-2-32-15-21(31-16-32)24-13-20-27(37-24)23(10-11-30-20)36-22-9-8-18(12-19(22)28)33(26(35)14-25(29)34)17-6-4-3-5-7-17/h3-13,15-16H,2,14H2,1H3,(H2,29,34). The molecular formula is C27H22FN5O3S. The topological polar surface area (TPSA) is 103 Å². The average molecular weight is 516 g/mol. The number of halogens is 1. The van der Waals surface area contributed by atoms with E-state index in [4.69, 9.17) is 10.5 Å². The Balaban J connectivity index is 1.46. The molecule has 0 saturated carbocycles. The first kappa shape index (κ1) is 24.1. The van der Waals surface area contributed by atoms with Crippen molar-refractivity contribution in [3.8, 4) is 22.1 Å². The molecule has 0 spiro atoms. The summed E-state index contributed by atoms with van der Waals surface area (Å²) in [6.45, 7) is 2.85. The van der Waals surface area contributed by atoms with E-state index in [1.165, 1.54) is 28.4 Å². The van der Waals surface area contributed by atoms with Crippen molar-refractivity contribution in [1.82, 2.24) is 14.5 Å². The van der Waals surface area contributed by atoms with Gasteiger partial charge >= 0.3 is 0 Å². The molecule has 2 N–H and O–H groups in total. The van der Waals surface area contributed by atoms with Crippen molar-refractivity contribution in [3.63, 3.8) is 0 Å². The van der Waals surface area contributed by atoms with Gasteiger partial charge < -0.3 is 15.0 Å². The molecule has 0 aliphatic carbocycles. The lowest BCUT2D eigenvalue weighted by atomic mass is 10.2. The average Bonchev–Trinajstić information content (AvgIpc) is 3.53. The fourth-order valence-electron chi connectivity index (χ4n) is 3.85.